The van der Waals surface area contributed by atoms with Gasteiger partial charge in [-0.3, -0.25) is 0 Å². The van der Waals surface area contributed by atoms with E-state index in [-0.39, 0.29) is 10.7 Å². The summed E-state index contributed by atoms with van der Waals surface area (Å²) in [5.74, 6) is 0.194. The van der Waals surface area contributed by atoms with Crippen LogP contribution in [-0.4, -0.2) is 44.0 Å². The molecule has 0 bridgehead atoms. The molecule has 0 fully saturated rings. The molecule has 0 aliphatic carbocycles. The van der Waals surface area contributed by atoms with Gasteiger partial charge in [0.05, 0.1) is 6.42 Å². The van der Waals surface area contributed by atoms with Crippen LogP contribution >= 0.6 is 0 Å². The highest BCUT2D eigenvalue weighted by atomic mass is 32.2. The number of rotatable bonds is 5. The maximum atomic E-state index is 12.2. The summed E-state index contributed by atoms with van der Waals surface area (Å²) >= 11 is 0. The molecular weight excluding hydrogens is 295 g/mol. The van der Waals surface area contributed by atoms with Crippen LogP contribution in [0, 0.1) is 0 Å². The van der Waals surface area contributed by atoms with Crippen LogP contribution in [0.15, 0.2) is 23.2 Å². The number of hydrogen-bond donors (Lipinski definition) is 1. The molecule has 0 saturated heterocycles. The average molecular weight is 311 g/mol. The summed E-state index contributed by atoms with van der Waals surface area (Å²) in [6.07, 6.45) is -4.15. The van der Waals surface area contributed by atoms with Crippen molar-refractivity contribution in [1.29, 1.82) is 0 Å². The first-order valence-electron chi connectivity index (χ1n) is 5.74. The molecule has 1 heterocycles. The molecule has 9 heteroatoms. The van der Waals surface area contributed by atoms with Crippen molar-refractivity contribution >= 4 is 15.8 Å². The summed E-state index contributed by atoms with van der Waals surface area (Å²) in [5.41, 5.74) is 0. The summed E-state index contributed by atoms with van der Waals surface area (Å²) < 4.78 is 61.1. The summed E-state index contributed by atoms with van der Waals surface area (Å²) in [6.45, 7) is 1.37. The minimum Gasteiger partial charge on any atom is -0.367 e. The summed E-state index contributed by atoms with van der Waals surface area (Å²) in [5, 5.41) is 2.57. The normalized spacial score (nSPS) is 14.3. The Morgan fingerprint density at radius 2 is 1.95 bits per heavy atom. The van der Waals surface area contributed by atoms with Gasteiger partial charge in [-0.1, -0.05) is 0 Å². The van der Waals surface area contributed by atoms with Crippen LogP contribution in [-0.2, 0) is 10.0 Å². The third kappa shape index (κ3) is 4.64. The highest BCUT2D eigenvalue weighted by molar-refractivity contribution is 7.89. The van der Waals surface area contributed by atoms with Crippen molar-refractivity contribution in [1.82, 2.24) is 9.29 Å². The van der Waals surface area contributed by atoms with E-state index in [0.717, 1.165) is 10.5 Å². The smallest absolute Gasteiger partial charge is 0.367 e. The maximum Gasteiger partial charge on any atom is 0.391 e. The molecular formula is C11H16F3N3O2S. The molecule has 1 atom stereocenters. The molecule has 0 amide bonds. The molecule has 0 radical (unpaired) electrons. The number of nitrogens with one attached hydrogen (secondary N) is 1. The first-order chi connectivity index (χ1) is 9.02. The van der Waals surface area contributed by atoms with E-state index in [1.807, 2.05) is 0 Å². The SMILES string of the molecule is CC(CC(F)(F)F)Nc1ccc(S(=O)(=O)N(C)C)cn1. The van der Waals surface area contributed by atoms with Gasteiger partial charge in [-0.15, -0.1) is 0 Å². The first kappa shape index (κ1) is 16.7. The van der Waals surface area contributed by atoms with Crippen molar-refractivity contribution in [2.45, 2.75) is 30.5 Å². The van der Waals surface area contributed by atoms with E-state index in [1.54, 1.807) is 0 Å². The zero-order chi connectivity index (χ0) is 15.6. The number of aromatic nitrogens is 1. The standard InChI is InChI=1S/C11H16F3N3O2S/c1-8(6-11(12,13)14)16-10-5-4-9(7-15-10)20(18,19)17(2)3/h4-5,7-8H,6H2,1-3H3,(H,15,16). The van der Waals surface area contributed by atoms with Crippen LogP contribution in [0.1, 0.15) is 13.3 Å². The topological polar surface area (TPSA) is 62.3 Å². The Morgan fingerprint density at radius 3 is 2.35 bits per heavy atom. The lowest BCUT2D eigenvalue weighted by Crippen LogP contribution is -2.25. The Morgan fingerprint density at radius 1 is 1.35 bits per heavy atom. The molecule has 0 aliphatic rings. The molecule has 0 spiro atoms. The van der Waals surface area contributed by atoms with Crippen molar-refractivity contribution in [3.63, 3.8) is 0 Å². The van der Waals surface area contributed by atoms with Crippen LogP contribution < -0.4 is 5.32 Å². The number of hydrogen-bond acceptors (Lipinski definition) is 4. The quantitative estimate of drug-likeness (QED) is 0.904. The molecule has 114 valence electrons. The molecule has 1 N–H and O–H groups in total. The number of sulfonamides is 1. The molecule has 0 aliphatic heterocycles. The van der Waals surface area contributed by atoms with Gasteiger partial charge in [0.25, 0.3) is 0 Å². The third-order valence-electron chi connectivity index (χ3n) is 2.45. The van der Waals surface area contributed by atoms with Crippen LogP contribution in [0.25, 0.3) is 0 Å². The molecule has 0 aromatic carbocycles. The minimum absolute atomic E-state index is 0.0171. The van der Waals surface area contributed by atoms with E-state index in [4.69, 9.17) is 0 Å². The lowest BCUT2D eigenvalue weighted by molar-refractivity contribution is -0.136. The van der Waals surface area contributed by atoms with Crippen LogP contribution in [0.3, 0.4) is 0 Å². The number of nitrogens with zero attached hydrogens (tertiary/aromatic N) is 2. The number of pyridine rings is 1. The second-order valence-corrected chi connectivity index (χ2v) is 6.68. The maximum absolute atomic E-state index is 12.2. The Kier molecular flexibility index (Phi) is 4.98. The van der Waals surface area contributed by atoms with Crippen molar-refractivity contribution in [3.05, 3.63) is 18.3 Å². The Labute approximate surface area is 115 Å². The van der Waals surface area contributed by atoms with Crippen LogP contribution in [0.2, 0.25) is 0 Å². The van der Waals surface area contributed by atoms with Gasteiger partial charge in [-0.25, -0.2) is 17.7 Å². The van der Waals surface area contributed by atoms with Crippen molar-refractivity contribution in [2.75, 3.05) is 19.4 Å². The number of anilines is 1. The Hall–Kier alpha value is -1.35. The van der Waals surface area contributed by atoms with Crippen molar-refractivity contribution in [2.24, 2.45) is 0 Å². The van der Waals surface area contributed by atoms with Gasteiger partial charge in [-0.2, -0.15) is 13.2 Å². The molecule has 1 unspecified atom stereocenters. The minimum atomic E-state index is -4.26. The molecule has 1 aromatic rings. The van der Waals surface area contributed by atoms with Crippen molar-refractivity contribution < 1.29 is 21.6 Å². The largest absolute Gasteiger partial charge is 0.391 e. The van der Waals surface area contributed by atoms with Gasteiger partial charge in [0.15, 0.2) is 0 Å². The van der Waals surface area contributed by atoms with Crippen LogP contribution in [0.5, 0.6) is 0 Å². The van der Waals surface area contributed by atoms with E-state index >= 15 is 0 Å². The predicted octanol–water partition coefficient (Wildman–Crippen LogP) is 2.08. The summed E-state index contributed by atoms with van der Waals surface area (Å²) in [7, 11) is -0.824. The van der Waals surface area contributed by atoms with Gasteiger partial charge in [0.1, 0.15) is 10.7 Å². The molecule has 1 aromatic heterocycles. The van der Waals surface area contributed by atoms with Gasteiger partial charge < -0.3 is 5.32 Å². The van der Waals surface area contributed by atoms with E-state index in [9.17, 15) is 21.6 Å². The predicted molar refractivity (Wildman–Crippen MR) is 68.9 cm³/mol. The first-order valence-corrected chi connectivity index (χ1v) is 7.18. The van der Waals surface area contributed by atoms with E-state index in [2.05, 4.69) is 10.3 Å². The second kappa shape index (κ2) is 5.96. The molecule has 20 heavy (non-hydrogen) atoms. The fourth-order valence-electron chi connectivity index (χ4n) is 1.48. The zero-order valence-corrected chi connectivity index (χ0v) is 12.1. The van der Waals surface area contributed by atoms with Gasteiger partial charge in [0, 0.05) is 26.3 Å². The second-order valence-electron chi connectivity index (χ2n) is 4.53. The van der Waals surface area contributed by atoms with Gasteiger partial charge >= 0.3 is 6.18 Å². The Bertz CT molecular complexity index is 541. The third-order valence-corrected chi connectivity index (χ3v) is 4.25. The molecule has 0 saturated carbocycles. The van der Waals surface area contributed by atoms with Crippen molar-refractivity contribution in [3.8, 4) is 0 Å². The number of halogens is 3. The monoisotopic (exact) mass is 311 g/mol. The molecule has 5 nitrogen and oxygen atoms in total. The molecule has 1 rings (SSSR count). The Balaban J connectivity index is 2.78. The van der Waals surface area contributed by atoms with Gasteiger partial charge in [0.2, 0.25) is 10.0 Å². The van der Waals surface area contributed by atoms with E-state index in [0.29, 0.717) is 0 Å². The fraction of sp³-hybridized carbons (Fsp3) is 0.545. The summed E-state index contributed by atoms with van der Waals surface area (Å²) in [4.78, 5) is 3.80. The lowest BCUT2D eigenvalue weighted by atomic mass is 10.2. The zero-order valence-electron chi connectivity index (χ0n) is 11.3. The summed E-state index contributed by atoms with van der Waals surface area (Å²) in [6, 6.07) is 1.78. The fourth-order valence-corrected chi connectivity index (χ4v) is 2.33. The highest BCUT2D eigenvalue weighted by Gasteiger charge is 2.30. The van der Waals surface area contributed by atoms with E-state index in [1.165, 1.54) is 33.2 Å². The van der Waals surface area contributed by atoms with Gasteiger partial charge in [-0.05, 0) is 19.1 Å². The van der Waals surface area contributed by atoms with E-state index < -0.39 is 28.7 Å². The highest BCUT2D eigenvalue weighted by Crippen LogP contribution is 2.23. The average Bonchev–Trinajstić information content (AvgIpc) is 2.26. The van der Waals surface area contributed by atoms with Crippen LogP contribution in [0.4, 0.5) is 19.0 Å². The number of alkyl halides is 3. The lowest BCUT2D eigenvalue weighted by Gasteiger charge is -2.16.